The predicted molar refractivity (Wildman–Crippen MR) is 135 cm³/mol. The van der Waals surface area contributed by atoms with Crippen LogP contribution in [-0.4, -0.2) is 69.5 Å². The van der Waals surface area contributed by atoms with E-state index in [2.05, 4.69) is 10.2 Å². The second-order valence-corrected chi connectivity index (χ2v) is 11.1. The summed E-state index contributed by atoms with van der Waals surface area (Å²) in [7, 11) is -9.53. The number of benzene rings is 2. The van der Waals surface area contributed by atoms with Crippen LogP contribution >= 0.6 is 0 Å². The molecule has 2 heterocycles. The number of carboxylic acids is 2. The number of hydrogen-bond acceptors (Lipinski definition) is 11. The first-order valence-corrected chi connectivity index (χ1v) is 13.9. The number of aliphatic carboxylic acids is 1. The van der Waals surface area contributed by atoms with E-state index < -0.39 is 70.8 Å². The van der Waals surface area contributed by atoms with Crippen molar-refractivity contribution in [2.45, 2.75) is 16.2 Å². The van der Waals surface area contributed by atoms with E-state index in [1.54, 1.807) is 0 Å². The topological polar surface area (TPSA) is 259 Å². The number of amides is 1. The van der Waals surface area contributed by atoms with Crippen molar-refractivity contribution >= 4 is 55.6 Å². The Hall–Kier alpha value is -1.64. The van der Waals surface area contributed by atoms with Crippen molar-refractivity contribution < 1.29 is 153 Å². The van der Waals surface area contributed by atoms with Gasteiger partial charge in [0.25, 0.3) is 11.5 Å². The third kappa shape index (κ3) is 8.35. The van der Waals surface area contributed by atoms with Gasteiger partial charge in [-0.1, -0.05) is 12.2 Å². The number of nitrogens with one attached hydrogen (secondary N) is 1. The van der Waals surface area contributed by atoms with E-state index in [0.717, 1.165) is 59.3 Å². The predicted octanol–water partition coefficient (Wildman–Crippen LogP) is -5.81. The zero-order valence-corrected chi connectivity index (χ0v) is 30.1. The first kappa shape index (κ1) is 37.5. The van der Waals surface area contributed by atoms with Crippen LogP contribution in [0.3, 0.4) is 0 Å². The first-order chi connectivity index (χ1) is 19.1. The maximum atomic E-state index is 13.0. The SMILES string of the molecule is O=C(O)C1=NN(c2ccc(S(=O)(=O)[O-])cc2)C(=O)C1CC=Cc1c(C(=O)O)[nH]n(-c2ccc(S(=O)(=O)[O-])cc2)c1=O.[K+].[K+]. The average molecular weight is 683 g/mol. The van der Waals surface area contributed by atoms with Crippen LogP contribution in [0.4, 0.5) is 5.69 Å². The molecule has 0 fully saturated rings. The van der Waals surface area contributed by atoms with Crippen molar-refractivity contribution in [3.05, 3.63) is 76.2 Å². The summed E-state index contributed by atoms with van der Waals surface area (Å²) in [6.45, 7) is 0. The van der Waals surface area contributed by atoms with Crippen molar-refractivity contribution in [3.63, 3.8) is 0 Å². The molecule has 16 nitrogen and oxygen atoms in total. The Kier molecular flexibility index (Phi) is 12.8. The standard InChI is InChI=1S/C23H18N4O12S2.2K/c28-20-16(18(22(30)31)24-26(20)12-4-8-14(9-5-12)40(34,35)36)2-1-3-17-19(23(32)33)25-27(21(17)29)13-6-10-15(11-7-13)41(37,38)39;;/h1-2,4-11,17,24H,3H2,(H,30,31)(H,32,33)(H,34,35,36)(H,37,38,39);;/q;2*+1/p-2. The summed E-state index contributed by atoms with van der Waals surface area (Å²) in [5.41, 5.74) is -2.46. The van der Waals surface area contributed by atoms with E-state index in [1.165, 1.54) is 6.08 Å². The molecule has 4 rings (SSSR count). The van der Waals surface area contributed by atoms with Gasteiger partial charge < -0.3 is 19.3 Å². The fourth-order valence-electron chi connectivity index (χ4n) is 3.87. The van der Waals surface area contributed by atoms with Crippen LogP contribution in [0.1, 0.15) is 22.5 Å². The van der Waals surface area contributed by atoms with E-state index in [4.69, 9.17) is 0 Å². The summed E-state index contributed by atoms with van der Waals surface area (Å²) >= 11 is 0. The van der Waals surface area contributed by atoms with Crippen LogP contribution in [0, 0.1) is 5.92 Å². The van der Waals surface area contributed by atoms with Gasteiger partial charge in [0.1, 0.15) is 20.2 Å². The number of hydrogen-bond donors (Lipinski definition) is 3. The molecule has 1 aliphatic heterocycles. The third-order valence-corrected chi connectivity index (χ3v) is 7.51. The van der Waals surface area contributed by atoms with Crippen LogP contribution in [0.15, 0.2) is 74.3 Å². The molecule has 1 aromatic heterocycles. The maximum absolute atomic E-state index is 13.0. The summed E-state index contributed by atoms with van der Waals surface area (Å²) in [6, 6.07) is 8.08. The van der Waals surface area contributed by atoms with Crippen molar-refractivity contribution in [2.75, 3.05) is 5.01 Å². The quantitative estimate of drug-likeness (QED) is 0.141. The van der Waals surface area contributed by atoms with Crippen molar-refractivity contribution in [2.24, 2.45) is 11.0 Å². The molecule has 0 spiro atoms. The van der Waals surface area contributed by atoms with Crippen molar-refractivity contribution in [3.8, 4) is 5.69 Å². The summed E-state index contributed by atoms with van der Waals surface area (Å²) in [4.78, 5) is 48.3. The smallest absolute Gasteiger partial charge is 0.744 e. The van der Waals surface area contributed by atoms with E-state index >= 15 is 0 Å². The van der Waals surface area contributed by atoms with Gasteiger partial charge in [-0.2, -0.15) is 10.1 Å². The largest absolute Gasteiger partial charge is 1.00 e. The Morgan fingerprint density at radius 1 is 0.860 bits per heavy atom. The molecular weight excluding hydrogens is 667 g/mol. The number of carbonyl (C=O) groups excluding carboxylic acids is 1. The molecule has 0 radical (unpaired) electrons. The van der Waals surface area contributed by atoms with Crippen LogP contribution in [0.25, 0.3) is 11.8 Å². The number of rotatable bonds is 9. The average Bonchev–Trinajstić information content (AvgIpc) is 3.40. The molecule has 3 N–H and O–H groups in total. The molecule has 0 saturated carbocycles. The van der Waals surface area contributed by atoms with E-state index in [1.807, 2.05) is 0 Å². The van der Waals surface area contributed by atoms with Gasteiger partial charge >= 0.3 is 115 Å². The molecule has 2 aromatic carbocycles. The molecule has 1 aliphatic rings. The molecule has 3 aromatic rings. The molecule has 1 unspecified atom stereocenters. The second-order valence-electron chi connectivity index (χ2n) is 8.37. The Bertz CT molecular complexity index is 1920. The molecule has 0 saturated heterocycles. The van der Waals surface area contributed by atoms with Gasteiger partial charge in [0, 0.05) is 0 Å². The fourth-order valence-corrected chi connectivity index (χ4v) is 4.81. The Morgan fingerprint density at radius 2 is 1.35 bits per heavy atom. The normalized spacial score (nSPS) is 15.1. The summed E-state index contributed by atoms with van der Waals surface area (Å²) in [6.07, 6.45) is 1.90. The number of hydrazone groups is 1. The number of nitrogens with zero attached hydrogens (tertiary/aromatic N) is 3. The molecule has 1 atom stereocenters. The van der Waals surface area contributed by atoms with Gasteiger partial charge in [-0.15, -0.1) is 0 Å². The minimum Gasteiger partial charge on any atom is -0.744 e. The number of carbonyl (C=O) groups is 3. The van der Waals surface area contributed by atoms with Crippen LogP contribution in [-0.2, 0) is 29.8 Å². The summed E-state index contributed by atoms with van der Waals surface area (Å²) in [5, 5.41) is 25.9. The van der Waals surface area contributed by atoms with Gasteiger partial charge in [0.2, 0.25) is 0 Å². The number of anilines is 1. The number of allylic oxidation sites excluding steroid dienone is 1. The molecule has 214 valence electrons. The van der Waals surface area contributed by atoms with Crippen molar-refractivity contribution in [1.29, 1.82) is 0 Å². The van der Waals surface area contributed by atoms with Gasteiger partial charge in [0.15, 0.2) is 11.4 Å². The Labute approximate surface area is 327 Å². The molecule has 0 bridgehead atoms. The number of carboxylic acid groups (broad SMARTS) is 2. The second kappa shape index (κ2) is 14.6. The van der Waals surface area contributed by atoms with Crippen molar-refractivity contribution in [1.82, 2.24) is 9.78 Å². The zero-order valence-electron chi connectivity index (χ0n) is 22.2. The number of H-pyrrole nitrogens is 1. The van der Waals surface area contributed by atoms with Crippen LogP contribution < -0.4 is 113 Å². The first-order valence-electron chi connectivity index (χ1n) is 11.1. The van der Waals surface area contributed by atoms with E-state index in [0.29, 0.717) is 5.01 Å². The van der Waals surface area contributed by atoms with E-state index in [9.17, 15) is 55.3 Å². The van der Waals surface area contributed by atoms with E-state index in [-0.39, 0.29) is 126 Å². The zero-order chi connectivity index (χ0) is 30.3. The third-order valence-electron chi connectivity index (χ3n) is 5.81. The van der Waals surface area contributed by atoms with Gasteiger partial charge in [-0.3, -0.25) is 14.7 Å². The monoisotopic (exact) mass is 682 g/mol. The Morgan fingerprint density at radius 3 is 1.79 bits per heavy atom. The molecule has 1 amide bonds. The summed E-state index contributed by atoms with van der Waals surface area (Å²) in [5.74, 6) is -5.29. The maximum Gasteiger partial charge on any atom is 1.00 e. The number of aromatic carboxylic acids is 1. The molecular formula is C23H16K2N4O12S2. The number of aromatic amines is 1. The summed E-state index contributed by atoms with van der Waals surface area (Å²) < 4.78 is 67.6. The van der Waals surface area contributed by atoms with Crippen LogP contribution in [0.5, 0.6) is 0 Å². The Balaban J connectivity index is 0.00000323. The number of aromatic nitrogens is 2. The fraction of sp³-hybridized carbons (Fsp3) is 0.0870. The minimum absolute atomic E-state index is 0. The van der Waals surface area contributed by atoms with Gasteiger partial charge in [-0.25, -0.2) is 31.1 Å². The molecule has 0 aliphatic carbocycles. The van der Waals surface area contributed by atoms with Crippen LogP contribution in [0.2, 0.25) is 0 Å². The molecule has 20 heteroatoms. The molecule has 43 heavy (non-hydrogen) atoms. The van der Waals surface area contributed by atoms with Gasteiger partial charge in [0.05, 0.1) is 32.6 Å². The van der Waals surface area contributed by atoms with Gasteiger partial charge in [-0.05, 0) is 55.0 Å². The minimum atomic E-state index is -4.77.